The van der Waals surface area contributed by atoms with Gasteiger partial charge in [-0.15, -0.1) is 5.10 Å². The first-order valence-corrected chi connectivity index (χ1v) is 5.81. The standard InChI is InChI=1S/C12H10F3N3O3/c1-3-21-12(19)10-9(16-18-17-10)7-5(13)4-6(14)11(20-2)8(7)15/h4H,3H2,1-2H3,(H,16,17,18). The van der Waals surface area contributed by atoms with Gasteiger partial charge in [-0.25, -0.2) is 18.0 Å². The zero-order valence-corrected chi connectivity index (χ0v) is 11.0. The van der Waals surface area contributed by atoms with Crippen molar-refractivity contribution >= 4 is 5.97 Å². The van der Waals surface area contributed by atoms with Crippen molar-refractivity contribution in [1.82, 2.24) is 15.4 Å². The molecule has 0 amide bonds. The van der Waals surface area contributed by atoms with Crippen LogP contribution in [-0.4, -0.2) is 35.1 Å². The molecule has 1 N–H and O–H groups in total. The second-order valence-corrected chi connectivity index (χ2v) is 3.80. The highest BCUT2D eigenvalue weighted by molar-refractivity contribution is 5.94. The third-order valence-corrected chi connectivity index (χ3v) is 2.59. The van der Waals surface area contributed by atoms with Gasteiger partial charge >= 0.3 is 5.97 Å². The molecule has 0 aliphatic rings. The van der Waals surface area contributed by atoms with Gasteiger partial charge in [-0.3, -0.25) is 0 Å². The Labute approximate surface area is 116 Å². The van der Waals surface area contributed by atoms with Crippen molar-refractivity contribution in [2.24, 2.45) is 0 Å². The van der Waals surface area contributed by atoms with Crippen molar-refractivity contribution < 1.29 is 27.4 Å². The van der Waals surface area contributed by atoms with Crippen LogP contribution in [0.25, 0.3) is 11.3 Å². The molecule has 0 atom stereocenters. The number of nitrogens with zero attached hydrogens (tertiary/aromatic N) is 2. The minimum atomic E-state index is -1.32. The molecule has 0 aliphatic heterocycles. The Balaban J connectivity index is 2.63. The number of H-pyrrole nitrogens is 1. The molecule has 0 aliphatic carbocycles. The molecule has 1 aromatic heterocycles. The van der Waals surface area contributed by atoms with E-state index in [0.717, 1.165) is 7.11 Å². The Hall–Kier alpha value is -2.58. The van der Waals surface area contributed by atoms with Gasteiger partial charge in [0.2, 0.25) is 0 Å². The normalized spacial score (nSPS) is 10.5. The van der Waals surface area contributed by atoms with E-state index in [1.54, 1.807) is 6.92 Å². The van der Waals surface area contributed by atoms with Gasteiger partial charge in [0.15, 0.2) is 23.1 Å². The molecule has 21 heavy (non-hydrogen) atoms. The first-order chi connectivity index (χ1) is 10.0. The monoisotopic (exact) mass is 301 g/mol. The van der Waals surface area contributed by atoms with E-state index in [4.69, 9.17) is 4.74 Å². The quantitative estimate of drug-likeness (QED) is 0.875. The molecule has 0 unspecified atom stereocenters. The third-order valence-electron chi connectivity index (χ3n) is 2.59. The molecular formula is C12H10F3N3O3. The maximum absolute atomic E-state index is 14.1. The molecule has 0 radical (unpaired) electrons. The highest BCUT2D eigenvalue weighted by Gasteiger charge is 2.28. The fourth-order valence-corrected chi connectivity index (χ4v) is 1.72. The van der Waals surface area contributed by atoms with E-state index in [9.17, 15) is 18.0 Å². The van der Waals surface area contributed by atoms with Crippen LogP contribution in [0.3, 0.4) is 0 Å². The van der Waals surface area contributed by atoms with Crippen molar-refractivity contribution in [2.75, 3.05) is 13.7 Å². The number of methoxy groups -OCH3 is 1. The summed E-state index contributed by atoms with van der Waals surface area (Å²) in [6, 6.07) is 0.431. The van der Waals surface area contributed by atoms with E-state index >= 15 is 0 Å². The number of ether oxygens (including phenoxy) is 2. The van der Waals surface area contributed by atoms with Gasteiger partial charge in [-0.2, -0.15) is 10.3 Å². The lowest BCUT2D eigenvalue weighted by atomic mass is 10.1. The van der Waals surface area contributed by atoms with E-state index in [1.165, 1.54) is 0 Å². The van der Waals surface area contributed by atoms with Crippen molar-refractivity contribution in [2.45, 2.75) is 6.92 Å². The number of halogens is 3. The topological polar surface area (TPSA) is 77.1 Å². The minimum absolute atomic E-state index is 0.0445. The van der Waals surface area contributed by atoms with E-state index in [2.05, 4.69) is 20.1 Å². The summed E-state index contributed by atoms with van der Waals surface area (Å²) in [6.45, 7) is 1.60. The molecule has 0 saturated heterocycles. The molecule has 6 nitrogen and oxygen atoms in total. The SMILES string of the molecule is CCOC(=O)c1n[nH]nc1-c1c(F)cc(F)c(OC)c1F. The smallest absolute Gasteiger partial charge is 0.361 e. The first-order valence-electron chi connectivity index (χ1n) is 5.81. The van der Waals surface area contributed by atoms with E-state index in [0.29, 0.717) is 6.07 Å². The number of carbonyl (C=O) groups is 1. The summed E-state index contributed by atoms with van der Waals surface area (Å²) in [5.41, 5.74) is -1.57. The average Bonchev–Trinajstić information content (AvgIpc) is 2.88. The van der Waals surface area contributed by atoms with Crippen molar-refractivity contribution in [3.63, 3.8) is 0 Å². The van der Waals surface area contributed by atoms with Gasteiger partial charge in [-0.1, -0.05) is 0 Å². The lowest BCUT2D eigenvalue weighted by molar-refractivity contribution is 0.0520. The van der Waals surface area contributed by atoms with Crippen LogP contribution in [0.5, 0.6) is 5.75 Å². The van der Waals surface area contributed by atoms with Crippen LogP contribution >= 0.6 is 0 Å². The highest BCUT2D eigenvalue weighted by atomic mass is 19.1. The number of hydrogen-bond donors (Lipinski definition) is 1. The molecule has 9 heteroatoms. The van der Waals surface area contributed by atoms with E-state index in [-0.39, 0.29) is 6.61 Å². The van der Waals surface area contributed by atoms with E-state index < -0.39 is 46.1 Å². The summed E-state index contributed by atoms with van der Waals surface area (Å²) in [4.78, 5) is 11.6. The Morgan fingerprint density at radius 3 is 2.62 bits per heavy atom. The molecular weight excluding hydrogens is 291 g/mol. The molecule has 0 saturated carbocycles. The summed E-state index contributed by atoms with van der Waals surface area (Å²) in [5, 5.41) is 9.09. The number of carbonyl (C=O) groups excluding carboxylic acids is 1. The number of rotatable bonds is 4. The van der Waals surface area contributed by atoms with Crippen molar-refractivity contribution in [1.29, 1.82) is 0 Å². The molecule has 112 valence electrons. The maximum Gasteiger partial charge on any atom is 0.361 e. The Morgan fingerprint density at radius 2 is 2.00 bits per heavy atom. The number of esters is 1. The Bertz CT molecular complexity index is 688. The predicted molar refractivity (Wildman–Crippen MR) is 64.2 cm³/mol. The fraction of sp³-hybridized carbons (Fsp3) is 0.250. The lowest BCUT2D eigenvalue weighted by Gasteiger charge is -2.09. The molecule has 1 heterocycles. The summed E-state index contributed by atoms with van der Waals surface area (Å²) in [7, 11) is 1.03. The minimum Gasteiger partial charge on any atom is -0.491 e. The molecule has 0 spiro atoms. The number of aromatic amines is 1. The van der Waals surface area contributed by atoms with Crippen LogP contribution in [0.1, 0.15) is 17.4 Å². The van der Waals surface area contributed by atoms with Crippen LogP contribution in [0.15, 0.2) is 6.07 Å². The zero-order chi connectivity index (χ0) is 15.6. The fourth-order valence-electron chi connectivity index (χ4n) is 1.72. The molecule has 0 fully saturated rings. The van der Waals surface area contributed by atoms with Gasteiger partial charge in [0.05, 0.1) is 19.3 Å². The highest BCUT2D eigenvalue weighted by Crippen LogP contribution is 2.34. The van der Waals surface area contributed by atoms with E-state index in [1.807, 2.05) is 0 Å². The Morgan fingerprint density at radius 1 is 1.29 bits per heavy atom. The van der Waals surface area contributed by atoms with Crippen molar-refractivity contribution in [3.8, 4) is 17.0 Å². The average molecular weight is 301 g/mol. The number of hydrogen-bond acceptors (Lipinski definition) is 5. The molecule has 2 aromatic rings. The van der Waals surface area contributed by atoms with Crippen LogP contribution < -0.4 is 4.74 Å². The summed E-state index contributed by atoms with van der Waals surface area (Å²) in [5.74, 6) is -5.48. The van der Waals surface area contributed by atoms with Gasteiger partial charge in [0, 0.05) is 6.07 Å². The van der Waals surface area contributed by atoms with Gasteiger partial charge in [0.25, 0.3) is 0 Å². The lowest BCUT2D eigenvalue weighted by Crippen LogP contribution is -2.08. The van der Waals surface area contributed by atoms with Gasteiger partial charge in [-0.05, 0) is 6.92 Å². The Kier molecular flexibility index (Phi) is 4.10. The second kappa shape index (κ2) is 5.81. The van der Waals surface area contributed by atoms with Crippen molar-refractivity contribution in [3.05, 3.63) is 29.2 Å². The summed E-state index contributed by atoms with van der Waals surface area (Å²) in [6.07, 6.45) is 0. The number of benzene rings is 1. The molecule has 1 aromatic carbocycles. The van der Waals surface area contributed by atoms with Crippen LogP contribution in [-0.2, 0) is 4.74 Å². The largest absolute Gasteiger partial charge is 0.491 e. The van der Waals surface area contributed by atoms with Crippen LogP contribution in [0, 0.1) is 17.5 Å². The molecule has 2 rings (SSSR count). The van der Waals surface area contributed by atoms with Gasteiger partial charge in [0.1, 0.15) is 11.5 Å². The second-order valence-electron chi connectivity index (χ2n) is 3.80. The first kappa shape index (κ1) is 14.8. The summed E-state index contributed by atoms with van der Waals surface area (Å²) < 4.78 is 50.6. The maximum atomic E-state index is 14.1. The zero-order valence-electron chi connectivity index (χ0n) is 11.0. The van der Waals surface area contributed by atoms with Crippen LogP contribution in [0.2, 0.25) is 0 Å². The van der Waals surface area contributed by atoms with Gasteiger partial charge < -0.3 is 9.47 Å². The third kappa shape index (κ3) is 2.54. The summed E-state index contributed by atoms with van der Waals surface area (Å²) >= 11 is 0. The number of aromatic nitrogens is 3. The van der Waals surface area contributed by atoms with Crippen LogP contribution in [0.4, 0.5) is 13.2 Å². The number of nitrogens with one attached hydrogen (secondary N) is 1. The predicted octanol–water partition coefficient (Wildman–Crippen LogP) is 2.07. The molecule has 0 bridgehead atoms.